The Labute approximate surface area is 156 Å². The maximum absolute atomic E-state index is 15.0. The minimum atomic E-state index is -4.55. The molecule has 14 heteroatoms. The zero-order chi connectivity index (χ0) is 20.2. The minimum absolute atomic E-state index is 0.0269. The highest BCUT2D eigenvalue weighted by molar-refractivity contribution is 7.48. The average Bonchev–Trinajstić information content (AvgIpc) is 2.77. The molecule has 3 heterocycles. The molecule has 4 unspecified atom stereocenters. The second-order valence-corrected chi connectivity index (χ2v) is 8.46. The SMILES string of the molecule is CC(C)OP1(=O)OCC2(C(F)F)OC(N3C=C(Cl)CNC3=O)C(F)(F)C2O1. The highest BCUT2D eigenvalue weighted by atomic mass is 35.5. The molecule has 0 aromatic heterocycles. The van der Waals surface area contributed by atoms with Crippen molar-refractivity contribution in [2.75, 3.05) is 13.2 Å². The van der Waals surface area contributed by atoms with Crippen molar-refractivity contribution in [3.8, 4) is 0 Å². The molecule has 2 amide bonds. The van der Waals surface area contributed by atoms with Crippen LogP contribution in [0.4, 0.5) is 22.4 Å². The highest BCUT2D eigenvalue weighted by Crippen LogP contribution is 2.63. The standard InChI is InChI=1S/C13H16ClF4N2O6P/c1-6(2)25-27(22)23-5-12(9(15)16)8(26-27)13(17,18)10(24-12)20-4-7(14)3-19-11(20)21/h4,6,8-10H,3,5H2,1-2H3,(H,19,21). The Hall–Kier alpha value is -0.910. The molecule has 4 atom stereocenters. The second-order valence-electron chi connectivity index (χ2n) is 6.40. The third-order valence-electron chi connectivity index (χ3n) is 4.02. The van der Waals surface area contributed by atoms with E-state index in [1.807, 2.05) is 0 Å². The number of alkyl halides is 4. The molecule has 0 spiro atoms. The van der Waals surface area contributed by atoms with Gasteiger partial charge in [0.15, 0.2) is 11.7 Å². The predicted molar refractivity (Wildman–Crippen MR) is 82.4 cm³/mol. The number of phosphoric acid groups is 1. The molecule has 0 aromatic rings. The first kappa shape index (κ1) is 20.8. The number of hydrogen-bond acceptors (Lipinski definition) is 6. The van der Waals surface area contributed by atoms with Crippen LogP contribution < -0.4 is 5.32 Å². The fraction of sp³-hybridized carbons (Fsp3) is 0.769. The Morgan fingerprint density at radius 1 is 1.44 bits per heavy atom. The Morgan fingerprint density at radius 2 is 2.11 bits per heavy atom. The van der Waals surface area contributed by atoms with Gasteiger partial charge < -0.3 is 10.1 Å². The van der Waals surface area contributed by atoms with Gasteiger partial charge in [0.25, 0.3) is 6.43 Å². The fourth-order valence-corrected chi connectivity index (χ4v) is 4.67. The largest absolute Gasteiger partial charge is 0.475 e. The number of ether oxygens (including phenoxy) is 1. The van der Waals surface area contributed by atoms with E-state index in [-0.39, 0.29) is 11.6 Å². The van der Waals surface area contributed by atoms with Crippen LogP contribution in [0.25, 0.3) is 0 Å². The number of nitrogens with zero attached hydrogens (tertiary/aromatic N) is 1. The van der Waals surface area contributed by atoms with Gasteiger partial charge in [-0.15, -0.1) is 0 Å². The number of fused-ring (bicyclic) bond motifs is 1. The Kier molecular flexibility index (Phi) is 5.28. The number of carbonyl (C=O) groups excluding carboxylic acids is 1. The van der Waals surface area contributed by atoms with Gasteiger partial charge >= 0.3 is 19.8 Å². The van der Waals surface area contributed by atoms with Crippen LogP contribution in [-0.4, -0.2) is 60.5 Å². The molecule has 0 aromatic carbocycles. The van der Waals surface area contributed by atoms with Crippen molar-refractivity contribution in [2.45, 2.75) is 50.2 Å². The molecule has 8 nitrogen and oxygen atoms in total. The third-order valence-corrected chi connectivity index (χ3v) is 5.85. The summed E-state index contributed by atoms with van der Waals surface area (Å²) in [7, 11) is -4.55. The number of nitrogens with one attached hydrogen (secondary N) is 1. The molecule has 154 valence electrons. The first-order chi connectivity index (χ1) is 12.4. The molecular formula is C13H16ClF4N2O6P. The van der Waals surface area contributed by atoms with E-state index in [0.717, 1.165) is 6.20 Å². The van der Waals surface area contributed by atoms with Crippen molar-refractivity contribution in [1.82, 2.24) is 10.2 Å². The summed E-state index contributed by atoms with van der Waals surface area (Å²) in [6.45, 7) is 1.56. The summed E-state index contributed by atoms with van der Waals surface area (Å²) in [5.41, 5.74) is -2.96. The Balaban J connectivity index is 1.99. The number of amides is 2. The van der Waals surface area contributed by atoms with E-state index < -0.39 is 56.8 Å². The number of rotatable bonds is 4. The normalized spacial score (nSPS) is 38.8. The molecule has 2 fully saturated rings. The third kappa shape index (κ3) is 3.47. The van der Waals surface area contributed by atoms with Gasteiger partial charge in [-0.2, -0.15) is 8.78 Å². The van der Waals surface area contributed by atoms with Crippen LogP contribution in [0.5, 0.6) is 0 Å². The molecular weight excluding hydrogens is 423 g/mol. The van der Waals surface area contributed by atoms with E-state index in [4.69, 9.17) is 29.9 Å². The van der Waals surface area contributed by atoms with E-state index in [0.29, 0.717) is 4.90 Å². The smallest absolute Gasteiger partial charge is 0.333 e. The van der Waals surface area contributed by atoms with Gasteiger partial charge in [-0.25, -0.2) is 18.1 Å². The molecule has 3 aliphatic heterocycles. The summed E-state index contributed by atoms with van der Waals surface area (Å²) in [6.07, 6.45) is -8.58. The zero-order valence-corrected chi connectivity index (χ0v) is 15.7. The van der Waals surface area contributed by atoms with E-state index in [1.165, 1.54) is 13.8 Å². The van der Waals surface area contributed by atoms with Gasteiger partial charge in [0.1, 0.15) is 0 Å². The van der Waals surface area contributed by atoms with Gasteiger partial charge in [0.05, 0.1) is 24.3 Å². The zero-order valence-electron chi connectivity index (χ0n) is 14.0. The van der Waals surface area contributed by atoms with Gasteiger partial charge in [-0.1, -0.05) is 11.6 Å². The van der Waals surface area contributed by atoms with E-state index >= 15 is 8.78 Å². The van der Waals surface area contributed by atoms with Crippen LogP contribution in [0, 0.1) is 0 Å². The lowest BCUT2D eigenvalue weighted by atomic mass is 9.95. The summed E-state index contributed by atoms with van der Waals surface area (Å²) in [5, 5.41) is 2.17. The van der Waals surface area contributed by atoms with Crippen LogP contribution in [0.3, 0.4) is 0 Å². The van der Waals surface area contributed by atoms with E-state index in [1.54, 1.807) is 0 Å². The van der Waals surface area contributed by atoms with Crippen LogP contribution in [0.1, 0.15) is 13.8 Å². The van der Waals surface area contributed by atoms with Gasteiger partial charge in [-0.3, -0.25) is 18.5 Å². The molecule has 1 N–H and O–H groups in total. The number of phosphoric ester groups is 1. The number of halogens is 5. The summed E-state index contributed by atoms with van der Waals surface area (Å²) in [6, 6.07) is -1.03. The fourth-order valence-electron chi connectivity index (χ4n) is 2.88. The molecule has 2 saturated heterocycles. The molecule has 3 rings (SSSR count). The van der Waals surface area contributed by atoms with Crippen LogP contribution in [0.2, 0.25) is 0 Å². The molecule has 27 heavy (non-hydrogen) atoms. The minimum Gasteiger partial charge on any atom is -0.333 e. The quantitative estimate of drug-likeness (QED) is 0.536. The number of carbonyl (C=O) groups is 1. The molecule has 0 radical (unpaired) electrons. The second kappa shape index (κ2) is 6.85. The maximum Gasteiger partial charge on any atom is 0.475 e. The highest BCUT2D eigenvalue weighted by Gasteiger charge is 2.76. The Bertz CT molecular complexity index is 710. The van der Waals surface area contributed by atoms with Crippen LogP contribution in [-0.2, 0) is 22.9 Å². The van der Waals surface area contributed by atoms with Crippen molar-refractivity contribution >= 4 is 25.5 Å². The first-order valence-electron chi connectivity index (χ1n) is 7.79. The monoisotopic (exact) mass is 438 g/mol. The topological polar surface area (TPSA) is 86.3 Å². The van der Waals surface area contributed by atoms with E-state index in [2.05, 4.69) is 5.32 Å². The summed E-state index contributed by atoms with van der Waals surface area (Å²) >= 11 is 5.74. The van der Waals surface area contributed by atoms with Crippen molar-refractivity contribution in [3.05, 3.63) is 11.2 Å². The lowest BCUT2D eigenvalue weighted by Gasteiger charge is -2.39. The van der Waals surface area contributed by atoms with Crippen LogP contribution in [0.15, 0.2) is 11.2 Å². The molecule has 0 bridgehead atoms. The summed E-state index contributed by atoms with van der Waals surface area (Å²) in [5.74, 6) is -4.18. The Morgan fingerprint density at radius 3 is 2.70 bits per heavy atom. The number of hydrogen-bond donors (Lipinski definition) is 1. The van der Waals surface area contributed by atoms with E-state index in [9.17, 15) is 18.1 Å². The number of urea groups is 1. The van der Waals surface area contributed by atoms with Crippen molar-refractivity contribution in [1.29, 1.82) is 0 Å². The van der Waals surface area contributed by atoms with Crippen molar-refractivity contribution in [3.63, 3.8) is 0 Å². The van der Waals surface area contributed by atoms with Crippen molar-refractivity contribution < 1.29 is 45.2 Å². The van der Waals surface area contributed by atoms with Crippen LogP contribution >= 0.6 is 19.4 Å². The molecule has 3 aliphatic rings. The molecule has 0 aliphatic carbocycles. The first-order valence-corrected chi connectivity index (χ1v) is 9.63. The lowest BCUT2D eigenvalue weighted by Crippen LogP contribution is -2.58. The summed E-state index contributed by atoms with van der Waals surface area (Å²) < 4.78 is 89.1. The van der Waals surface area contributed by atoms with Gasteiger partial charge in [-0.05, 0) is 13.8 Å². The maximum atomic E-state index is 15.0. The van der Waals surface area contributed by atoms with Gasteiger partial charge in [0.2, 0.25) is 6.23 Å². The van der Waals surface area contributed by atoms with Crippen molar-refractivity contribution in [2.24, 2.45) is 0 Å². The summed E-state index contributed by atoms with van der Waals surface area (Å²) in [4.78, 5) is 12.3. The molecule has 0 saturated carbocycles. The average molecular weight is 439 g/mol. The lowest BCUT2D eigenvalue weighted by molar-refractivity contribution is -0.209. The van der Waals surface area contributed by atoms with Gasteiger partial charge in [0, 0.05) is 6.20 Å². The predicted octanol–water partition coefficient (Wildman–Crippen LogP) is 3.04.